The van der Waals surface area contributed by atoms with Gasteiger partial charge in [0.25, 0.3) is 0 Å². The summed E-state index contributed by atoms with van der Waals surface area (Å²) >= 11 is 0. The minimum atomic E-state index is -0.479. The van der Waals surface area contributed by atoms with E-state index in [-0.39, 0.29) is 12.5 Å². The second kappa shape index (κ2) is 8.56. The standard InChI is InChI=1S/C18H29N3O2/c1-7-19-17(21-12-16(22)23-18(4,5)6)20-11-15-9-8-13(2)10-14(15)3/h8-10H,7,11-12H2,1-6H3,(H2,19,20,21). The van der Waals surface area contributed by atoms with Crippen molar-refractivity contribution < 1.29 is 9.53 Å². The van der Waals surface area contributed by atoms with E-state index in [1.54, 1.807) is 0 Å². The molecule has 0 aliphatic rings. The lowest BCUT2D eigenvalue weighted by atomic mass is 10.1. The molecule has 0 radical (unpaired) electrons. The summed E-state index contributed by atoms with van der Waals surface area (Å²) in [5, 5.41) is 6.14. The van der Waals surface area contributed by atoms with Gasteiger partial charge in [0.1, 0.15) is 12.1 Å². The van der Waals surface area contributed by atoms with Crippen LogP contribution in [0, 0.1) is 13.8 Å². The fourth-order valence-corrected chi connectivity index (χ4v) is 2.06. The molecule has 0 aliphatic carbocycles. The van der Waals surface area contributed by atoms with Gasteiger partial charge in [-0.25, -0.2) is 4.99 Å². The summed E-state index contributed by atoms with van der Waals surface area (Å²) in [5.74, 6) is 0.313. The number of guanidine groups is 1. The Labute approximate surface area is 139 Å². The Kier molecular flexibility index (Phi) is 7.07. The van der Waals surface area contributed by atoms with E-state index < -0.39 is 5.60 Å². The average molecular weight is 319 g/mol. The van der Waals surface area contributed by atoms with Gasteiger partial charge in [0.15, 0.2) is 5.96 Å². The van der Waals surface area contributed by atoms with Gasteiger partial charge in [-0.1, -0.05) is 23.8 Å². The molecule has 0 atom stereocenters. The van der Waals surface area contributed by atoms with E-state index in [1.165, 1.54) is 16.7 Å². The van der Waals surface area contributed by atoms with Gasteiger partial charge in [-0.15, -0.1) is 0 Å². The molecule has 128 valence electrons. The van der Waals surface area contributed by atoms with Gasteiger partial charge in [0.05, 0.1) is 6.54 Å². The van der Waals surface area contributed by atoms with E-state index >= 15 is 0 Å². The van der Waals surface area contributed by atoms with Crippen molar-refractivity contribution >= 4 is 11.9 Å². The van der Waals surface area contributed by atoms with Gasteiger partial charge in [0, 0.05) is 6.54 Å². The van der Waals surface area contributed by atoms with Crippen molar-refractivity contribution in [1.82, 2.24) is 10.6 Å². The van der Waals surface area contributed by atoms with E-state index in [1.807, 2.05) is 27.7 Å². The Morgan fingerprint density at radius 3 is 2.48 bits per heavy atom. The summed E-state index contributed by atoms with van der Waals surface area (Å²) in [6, 6.07) is 6.32. The number of nitrogens with one attached hydrogen (secondary N) is 2. The molecule has 0 fully saturated rings. The number of rotatable bonds is 5. The van der Waals surface area contributed by atoms with Crippen LogP contribution in [0.2, 0.25) is 0 Å². The minimum absolute atomic E-state index is 0.0932. The summed E-state index contributed by atoms with van der Waals surface area (Å²) in [7, 11) is 0. The van der Waals surface area contributed by atoms with Gasteiger partial charge in [0.2, 0.25) is 0 Å². The second-order valence-corrected chi connectivity index (χ2v) is 6.57. The predicted octanol–water partition coefficient (Wildman–Crippen LogP) is 2.70. The number of aryl methyl sites for hydroxylation is 2. The van der Waals surface area contributed by atoms with Gasteiger partial charge in [-0.3, -0.25) is 4.79 Å². The molecule has 1 aromatic rings. The Balaban J connectivity index is 2.64. The highest BCUT2D eigenvalue weighted by Crippen LogP contribution is 2.11. The van der Waals surface area contributed by atoms with Crippen LogP contribution in [0.4, 0.5) is 0 Å². The quantitative estimate of drug-likeness (QED) is 0.498. The summed E-state index contributed by atoms with van der Waals surface area (Å²) in [4.78, 5) is 16.3. The van der Waals surface area contributed by atoms with Crippen molar-refractivity contribution in [3.63, 3.8) is 0 Å². The zero-order valence-electron chi connectivity index (χ0n) is 15.1. The third-order valence-electron chi connectivity index (χ3n) is 3.07. The fraction of sp³-hybridized carbons (Fsp3) is 0.556. The van der Waals surface area contributed by atoms with Crippen molar-refractivity contribution in [2.45, 2.75) is 53.7 Å². The monoisotopic (exact) mass is 319 g/mol. The van der Waals surface area contributed by atoms with Crippen LogP contribution in [-0.4, -0.2) is 30.6 Å². The zero-order valence-corrected chi connectivity index (χ0v) is 15.1. The number of ether oxygens (including phenoxy) is 1. The summed E-state index contributed by atoms with van der Waals surface area (Å²) < 4.78 is 5.28. The molecule has 0 aliphatic heterocycles. The molecule has 0 spiro atoms. The van der Waals surface area contributed by atoms with E-state index in [2.05, 4.69) is 47.7 Å². The molecule has 5 heteroatoms. The second-order valence-electron chi connectivity index (χ2n) is 6.57. The first-order valence-electron chi connectivity index (χ1n) is 8.01. The molecular weight excluding hydrogens is 290 g/mol. The summed E-state index contributed by atoms with van der Waals surface area (Å²) in [6.07, 6.45) is 0. The molecule has 0 saturated heterocycles. The number of aliphatic imine (C=N–C) groups is 1. The Hall–Kier alpha value is -2.04. The van der Waals surface area contributed by atoms with Crippen molar-refractivity contribution in [2.75, 3.05) is 13.1 Å². The van der Waals surface area contributed by atoms with Crippen LogP contribution < -0.4 is 10.6 Å². The maximum atomic E-state index is 11.8. The van der Waals surface area contributed by atoms with Crippen LogP contribution in [0.1, 0.15) is 44.4 Å². The molecule has 0 bridgehead atoms. The molecule has 5 nitrogen and oxygen atoms in total. The maximum absolute atomic E-state index is 11.8. The number of carbonyl (C=O) groups excluding carboxylic acids is 1. The maximum Gasteiger partial charge on any atom is 0.325 e. The Bertz CT molecular complexity index is 560. The molecule has 0 unspecified atom stereocenters. The van der Waals surface area contributed by atoms with Crippen LogP contribution in [0.3, 0.4) is 0 Å². The Morgan fingerprint density at radius 2 is 1.91 bits per heavy atom. The van der Waals surface area contributed by atoms with Crippen LogP contribution in [0.25, 0.3) is 0 Å². The lowest BCUT2D eigenvalue weighted by molar-refractivity contribution is -0.153. The summed E-state index contributed by atoms with van der Waals surface area (Å²) in [5.41, 5.74) is 3.15. The van der Waals surface area contributed by atoms with Crippen LogP contribution in [0.5, 0.6) is 0 Å². The topological polar surface area (TPSA) is 62.7 Å². The predicted molar refractivity (Wildman–Crippen MR) is 94.6 cm³/mol. The molecule has 0 heterocycles. The minimum Gasteiger partial charge on any atom is -0.459 e. The van der Waals surface area contributed by atoms with Crippen molar-refractivity contribution in [2.24, 2.45) is 4.99 Å². The number of esters is 1. The smallest absolute Gasteiger partial charge is 0.325 e. The van der Waals surface area contributed by atoms with Crippen LogP contribution in [-0.2, 0) is 16.1 Å². The largest absolute Gasteiger partial charge is 0.459 e. The first kappa shape index (κ1) is 19.0. The molecule has 23 heavy (non-hydrogen) atoms. The molecule has 0 aromatic heterocycles. The van der Waals surface area contributed by atoms with Gasteiger partial charge < -0.3 is 15.4 Å². The first-order valence-corrected chi connectivity index (χ1v) is 8.01. The molecule has 1 aromatic carbocycles. The molecular formula is C18H29N3O2. The molecule has 0 amide bonds. The normalized spacial score (nSPS) is 12.0. The average Bonchev–Trinajstić information content (AvgIpc) is 2.41. The van der Waals surface area contributed by atoms with Crippen molar-refractivity contribution in [3.05, 3.63) is 34.9 Å². The summed E-state index contributed by atoms with van der Waals surface area (Å²) in [6.45, 7) is 13.1. The number of hydrogen-bond donors (Lipinski definition) is 2. The number of hydrogen-bond acceptors (Lipinski definition) is 3. The molecule has 2 N–H and O–H groups in total. The zero-order chi connectivity index (χ0) is 17.5. The lowest BCUT2D eigenvalue weighted by Crippen LogP contribution is -2.41. The van der Waals surface area contributed by atoms with Crippen molar-refractivity contribution in [1.29, 1.82) is 0 Å². The Morgan fingerprint density at radius 1 is 1.22 bits per heavy atom. The third kappa shape index (κ3) is 7.68. The SMILES string of the molecule is CCNC(=NCc1ccc(C)cc1C)NCC(=O)OC(C)(C)C. The van der Waals surface area contributed by atoms with E-state index in [9.17, 15) is 4.79 Å². The van der Waals surface area contributed by atoms with Gasteiger partial charge >= 0.3 is 5.97 Å². The highest BCUT2D eigenvalue weighted by Gasteiger charge is 2.16. The number of carbonyl (C=O) groups is 1. The number of nitrogens with zero attached hydrogens (tertiary/aromatic N) is 1. The van der Waals surface area contributed by atoms with E-state index in [0.29, 0.717) is 12.5 Å². The number of benzene rings is 1. The van der Waals surface area contributed by atoms with Crippen LogP contribution >= 0.6 is 0 Å². The fourth-order valence-electron chi connectivity index (χ4n) is 2.06. The van der Waals surface area contributed by atoms with Crippen molar-refractivity contribution in [3.8, 4) is 0 Å². The highest BCUT2D eigenvalue weighted by molar-refractivity contribution is 5.84. The van der Waals surface area contributed by atoms with Gasteiger partial charge in [-0.2, -0.15) is 0 Å². The molecule has 0 saturated carbocycles. The molecule has 1 rings (SSSR count). The van der Waals surface area contributed by atoms with E-state index in [4.69, 9.17) is 4.74 Å². The van der Waals surface area contributed by atoms with E-state index in [0.717, 1.165) is 6.54 Å². The highest BCUT2D eigenvalue weighted by atomic mass is 16.6. The van der Waals surface area contributed by atoms with Crippen LogP contribution in [0.15, 0.2) is 23.2 Å². The van der Waals surface area contributed by atoms with Gasteiger partial charge in [-0.05, 0) is 52.7 Å². The lowest BCUT2D eigenvalue weighted by Gasteiger charge is -2.20. The third-order valence-corrected chi connectivity index (χ3v) is 3.07. The first-order chi connectivity index (χ1) is 10.7.